The van der Waals surface area contributed by atoms with Gasteiger partial charge in [-0.25, -0.2) is 0 Å². The van der Waals surface area contributed by atoms with Crippen LogP contribution in [0.4, 0.5) is 0 Å². The first-order valence-corrected chi connectivity index (χ1v) is 7.70. The van der Waals surface area contributed by atoms with E-state index < -0.39 is 5.60 Å². The summed E-state index contributed by atoms with van der Waals surface area (Å²) in [5, 5.41) is 13.8. The average molecular weight is 291 g/mol. The third-order valence-electron chi connectivity index (χ3n) is 4.23. The first kappa shape index (κ1) is 16.0. The molecule has 4 nitrogen and oxygen atoms in total. The number of aliphatic hydroxyl groups is 1. The third-order valence-corrected chi connectivity index (χ3v) is 4.23. The van der Waals surface area contributed by atoms with Gasteiger partial charge in [0.05, 0.1) is 19.1 Å². The Morgan fingerprint density at radius 3 is 2.57 bits per heavy atom. The summed E-state index contributed by atoms with van der Waals surface area (Å²) in [4.78, 5) is 11.4. The number of benzene rings is 1. The maximum atomic E-state index is 11.4. The van der Waals surface area contributed by atoms with Crippen molar-refractivity contribution in [1.29, 1.82) is 0 Å². The fourth-order valence-electron chi connectivity index (χ4n) is 2.95. The van der Waals surface area contributed by atoms with Crippen molar-refractivity contribution in [1.82, 2.24) is 5.32 Å². The molecule has 0 unspecified atom stereocenters. The second kappa shape index (κ2) is 7.57. The van der Waals surface area contributed by atoms with Crippen LogP contribution in [-0.2, 0) is 22.5 Å². The molecular formula is C17H25NO3. The van der Waals surface area contributed by atoms with Gasteiger partial charge in [-0.3, -0.25) is 4.79 Å². The molecule has 0 spiro atoms. The van der Waals surface area contributed by atoms with E-state index in [0.717, 1.165) is 36.8 Å². The van der Waals surface area contributed by atoms with E-state index in [-0.39, 0.29) is 5.97 Å². The van der Waals surface area contributed by atoms with E-state index in [1.807, 2.05) is 24.3 Å². The quantitative estimate of drug-likeness (QED) is 0.789. The Morgan fingerprint density at radius 2 is 1.90 bits per heavy atom. The number of nitrogens with one attached hydrogen (secondary N) is 1. The number of esters is 1. The van der Waals surface area contributed by atoms with Crippen molar-refractivity contribution in [3.63, 3.8) is 0 Å². The first-order valence-electron chi connectivity index (χ1n) is 7.70. The molecular weight excluding hydrogens is 266 g/mol. The van der Waals surface area contributed by atoms with Crippen LogP contribution in [0.3, 0.4) is 0 Å². The van der Waals surface area contributed by atoms with Crippen LogP contribution in [0.2, 0.25) is 0 Å². The van der Waals surface area contributed by atoms with Crippen LogP contribution in [0.15, 0.2) is 24.3 Å². The van der Waals surface area contributed by atoms with Crippen molar-refractivity contribution < 1.29 is 14.6 Å². The summed E-state index contributed by atoms with van der Waals surface area (Å²) in [7, 11) is 1.40. The highest BCUT2D eigenvalue weighted by Crippen LogP contribution is 2.27. The maximum Gasteiger partial charge on any atom is 0.309 e. The van der Waals surface area contributed by atoms with Crippen LogP contribution in [0.5, 0.6) is 0 Å². The summed E-state index contributed by atoms with van der Waals surface area (Å²) in [5.74, 6) is -0.228. The zero-order chi connectivity index (χ0) is 15.1. The number of ether oxygens (including phenoxy) is 1. The highest BCUT2D eigenvalue weighted by atomic mass is 16.5. The van der Waals surface area contributed by atoms with Crippen molar-refractivity contribution in [2.24, 2.45) is 0 Å². The van der Waals surface area contributed by atoms with E-state index in [9.17, 15) is 9.90 Å². The van der Waals surface area contributed by atoms with Crippen molar-refractivity contribution in [3.8, 4) is 0 Å². The molecule has 116 valence electrons. The van der Waals surface area contributed by atoms with Gasteiger partial charge in [-0.1, -0.05) is 43.5 Å². The first-order chi connectivity index (χ1) is 10.1. The minimum absolute atomic E-state index is 0.228. The summed E-state index contributed by atoms with van der Waals surface area (Å²) in [6.07, 6.45) is 5.49. The van der Waals surface area contributed by atoms with Gasteiger partial charge in [0, 0.05) is 13.1 Å². The monoisotopic (exact) mass is 291 g/mol. The van der Waals surface area contributed by atoms with E-state index in [2.05, 4.69) is 5.32 Å². The number of carbonyl (C=O) groups excluding carboxylic acids is 1. The van der Waals surface area contributed by atoms with Crippen LogP contribution >= 0.6 is 0 Å². The summed E-state index contributed by atoms with van der Waals surface area (Å²) >= 11 is 0. The van der Waals surface area contributed by atoms with Gasteiger partial charge in [-0.2, -0.15) is 0 Å². The third kappa shape index (κ3) is 4.83. The fraction of sp³-hybridized carbons (Fsp3) is 0.588. The van der Waals surface area contributed by atoms with Crippen LogP contribution in [0.25, 0.3) is 0 Å². The minimum atomic E-state index is -0.560. The second-order valence-electron chi connectivity index (χ2n) is 5.91. The van der Waals surface area contributed by atoms with E-state index >= 15 is 0 Å². The summed E-state index contributed by atoms with van der Waals surface area (Å²) in [5.41, 5.74) is 1.50. The number of hydrogen-bond donors (Lipinski definition) is 2. The van der Waals surface area contributed by atoms with Gasteiger partial charge < -0.3 is 15.2 Å². The zero-order valence-electron chi connectivity index (χ0n) is 12.7. The van der Waals surface area contributed by atoms with Crippen molar-refractivity contribution >= 4 is 5.97 Å². The van der Waals surface area contributed by atoms with Crippen LogP contribution in [0.1, 0.15) is 43.2 Å². The van der Waals surface area contributed by atoms with Gasteiger partial charge in [0.2, 0.25) is 0 Å². The molecule has 21 heavy (non-hydrogen) atoms. The lowest BCUT2D eigenvalue weighted by Gasteiger charge is -2.32. The van der Waals surface area contributed by atoms with E-state index in [4.69, 9.17) is 4.74 Å². The lowest BCUT2D eigenvalue weighted by molar-refractivity contribution is -0.139. The Morgan fingerprint density at radius 1 is 1.24 bits per heavy atom. The van der Waals surface area contributed by atoms with Crippen molar-refractivity contribution in [2.45, 2.75) is 50.7 Å². The van der Waals surface area contributed by atoms with Gasteiger partial charge in [0.1, 0.15) is 0 Å². The van der Waals surface area contributed by atoms with Crippen molar-refractivity contribution in [2.75, 3.05) is 13.7 Å². The number of rotatable bonds is 6. The Kier molecular flexibility index (Phi) is 5.76. The molecule has 2 rings (SSSR count). The molecule has 1 fully saturated rings. The van der Waals surface area contributed by atoms with Gasteiger partial charge in [0.25, 0.3) is 0 Å². The molecule has 0 aliphatic heterocycles. The molecule has 4 heteroatoms. The predicted octanol–water partition coefficient (Wildman–Crippen LogP) is 2.19. The maximum absolute atomic E-state index is 11.4. The van der Waals surface area contributed by atoms with Crippen LogP contribution in [-0.4, -0.2) is 30.3 Å². The minimum Gasteiger partial charge on any atom is -0.469 e. The smallest absolute Gasteiger partial charge is 0.309 e. The molecule has 1 saturated carbocycles. The largest absolute Gasteiger partial charge is 0.469 e. The highest BCUT2D eigenvalue weighted by Gasteiger charge is 2.28. The molecule has 0 aromatic heterocycles. The van der Waals surface area contributed by atoms with Gasteiger partial charge >= 0.3 is 5.97 Å². The lowest BCUT2D eigenvalue weighted by atomic mass is 9.85. The van der Waals surface area contributed by atoms with E-state index in [1.165, 1.54) is 13.5 Å². The Hall–Kier alpha value is -1.39. The number of methoxy groups -OCH3 is 1. The standard InChI is InChI=1S/C17H25NO3/c1-21-16(19)11-14-7-3-4-8-15(14)12-18-13-17(20)9-5-2-6-10-17/h3-4,7-8,18,20H,2,5-6,9-13H2,1H3. The lowest BCUT2D eigenvalue weighted by Crippen LogP contribution is -2.42. The van der Waals surface area contributed by atoms with Crippen molar-refractivity contribution in [3.05, 3.63) is 35.4 Å². The topological polar surface area (TPSA) is 58.6 Å². The predicted molar refractivity (Wildman–Crippen MR) is 81.9 cm³/mol. The molecule has 0 atom stereocenters. The zero-order valence-corrected chi connectivity index (χ0v) is 12.7. The molecule has 0 amide bonds. The van der Waals surface area contributed by atoms with Gasteiger partial charge in [-0.15, -0.1) is 0 Å². The van der Waals surface area contributed by atoms with Gasteiger partial charge in [-0.05, 0) is 24.0 Å². The Balaban J connectivity index is 1.89. The Labute approximate surface area is 126 Å². The van der Waals surface area contributed by atoms with Gasteiger partial charge in [0.15, 0.2) is 0 Å². The molecule has 0 radical (unpaired) electrons. The number of hydrogen-bond acceptors (Lipinski definition) is 4. The second-order valence-corrected chi connectivity index (χ2v) is 5.91. The fourth-order valence-corrected chi connectivity index (χ4v) is 2.95. The summed E-state index contributed by atoms with van der Waals surface area (Å²) in [6, 6.07) is 7.85. The molecule has 0 heterocycles. The molecule has 1 aliphatic rings. The molecule has 1 aromatic rings. The average Bonchev–Trinajstić information content (AvgIpc) is 2.49. The summed E-state index contributed by atoms with van der Waals surface area (Å²) in [6.45, 7) is 1.27. The SMILES string of the molecule is COC(=O)Cc1ccccc1CNCC1(O)CCCCC1. The van der Waals surface area contributed by atoms with E-state index in [1.54, 1.807) is 0 Å². The molecule has 1 aliphatic carbocycles. The van der Waals surface area contributed by atoms with E-state index in [0.29, 0.717) is 19.5 Å². The highest BCUT2D eigenvalue weighted by molar-refractivity contribution is 5.72. The normalized spacial score (nSPS) is 17.4. The van der Waals surface area contributed by atoms with Crippen LogP contribution < -0.4 is 5.32 Å². The molecule has 1 aromatic carbocycles. The summed E-state index contributed by atoms with van der Waals surface area (Å²) < 4.78 is 4.73. The van der Waals surface area contributed by atoms with Crippen LogP contribution in [0, 0.1) is 0 Å². The Bertz CT molecular complexity index is 467. The molecule has 0 bridgehead atoms. The molecule has 2 N–H and O–H groups in total. The molecule has 0 saturated heterocycles. The number of carbonyl (C=O) groups is 1.